The van der Waals surface area contributed by atoms with Gasteiger partial charge in [-0.25, -0.2) is 11.0 Å². The Morgan fingerprint density at radius 3 is 2.56 bits per heavy atom. The second-order valence-corrected chi connectivity index (χ2v) is 1.70. The van der Waals surface area contributed by atoms with Crippen molar-refractivity contribution in [3.8, 4) is 0 Å². The Morgan fingerprint density at radius 2 is 2.11 bits per heavy atom. The molecule has 0 amide bonds. The molecular weight excluding hydrogens is 118 g/mol. The van der Waals surface area contributed by atoms with Crippen molar-refractivity contribution >= 4 is 0 Å². The smallest absolute Gasteiger partial charge is 0.140 e. The van der Waals surface area contributed by atoms with E-state index in [1.165, 1.54) is 5.12 Å². The lowest BCUT2D eigenvalue weighted by Crippen LogP contribution is -2.44. The van der Waals surface area contributed by atoms with Gasteiger partial charge < -0.3 is 11.5 Å². The van der Waals surface area contributed by atoms with Crippen LogP contribution in [0.5, 0.6) is 0 Å². The van der Waals surface area contributed by atoms with Gasteiger partial charge in [0.25, 0.3) is 0 Å². The second-order valence-electron chi connectivity index (χ2n) is 1.70. The number of nitrogens with zero attached hydrogens (tertiary/aromatic N) is 1. The van der Waals surface area contributed by atoms with Gasteiger partial charge in [-0.2, -0.15) is 0 Å². The molecule has 0 aliphatic carbocycles. The summed E-state index contributed by atoms with van der Waals surface area (Å²) in [4.78, 5) is 0. The van der Waals surface area contributed by atoms with Crippen LogP contribution in [0.4, 0.5) is 0 Å². The third kappa shape index (κ3) is 1.06. The van der Waals surface area contributed by atoms with E-state index in [4.69, 9.17) is 17.3 Å². The average molecular weight is 127 g/mol. The monoisotopic (exact) mass is 127 g/mol. The highest BCUT2D eigenvalue weighted by Crippen LogP contribution is 1.95. The molecule has 7 N–H and O–H groups in total. The maximum atomic E-state index is 5.36. The van der Waals surface area contributed by atoms with Gasteiger partial charge in [0.15, 0.2) is 0 Å². The van der Waals surface area contributed by atoms with Gasteiger partial charge in [0, 0.05) is 6.20 Å². The molecule has 0 aromatic carbocycles. The van der Waals surface area contributed by atoms with Crippen LogP contribution in [0, 0.1) is 0 Å². The minimum Gasteiger partial charge on any atom is -0.396 e. The minimum atomic E-state index is 0.375. The summed E-state index contributed by atoms with van der Waals surface area (Å²) in [5, 5.41) is 1.23. The third-order valence-corrected chi connectivity index (χ3v) is 0.975. The zero-order valence-electron chi connectivity index (χ0n) is 4.83. The molecule has 5 nitrogen and oxygen atoms in total. The summed E-state index contributed by atoms with van der Waals surface area (Å²) in [6.07, 6.45) is 3.19. The highest BCUT2D eigenvalue weighted by Gasteiger charge is 2.01. The maximum absolute atomic E-state index is 5.36. The van der Waals surface area contributed by atoms with Gasteiger partial charge in [0.05, 0.1) is 5.70 Å². The van der Waals surface area contributed by atoms with Crippen molar-refractivity contribution in [2.75, 3.05) is 0 Å². The predicted octanol–water partition coefficient (Wildman–Crippen LogP) is -1.72. The zero-order chi connectivity index (χ0) is 6.85. The van der Waals surface area contributed by atoms with Crippen LogP contribution in [0.1, 0.15) is 0 Å². The van der Waals surface area contributed by atoms with Crippen molar-refractivity contribution in [1.29, 1.82) is 0 Å². The lowest BCUT2D eigenvalue weighted by Gasteiger charge is -2.20. The first kappa shape index (κ1) is 5.77. The summed E-state index contributed by atoms with van der Waals surface area (Å²) >= 11 is 0. The fraction of sp³-hybridized carbons (Fsp3) is 0. The molecule has 1 rings (SSSR count). The van der Waals surface area contributed by atoms with E-state index in [9.17, 15) is 0 Å². The number of hydrogen-bond acceptors (Lipinski definition) is 5. The molecule has 0 radical (unpaired) electrons. The summed E-state index contributed by atoms with van der Waals surface area (Å²) in [7, 11) is 0. The summed E-state index contributed by atoms with van der Waals surface area (Å²) in [5.74, 6) is 5.63. The molecule has 0 aromatic rings. The van der Waals surface area contributed by atoms with Crippen LogP contribution in [0.2, 0.25) is 0 Å². The van der Waals surface area contributed by atoms with Crippen LogP contribution < -0.4 is 22.7 Å². The normalized spacial score (nSPS) is 18.1. The first-order valence-corrected chi connectivity index (χ1v) is 2.44. The van der Waals surface area contributed by atoms with Gasteiger partial charge in [-0.1, -0.05) is 0 Å². The molecule has 5 heteroatoms. The molecule has 1 aliphatic rings. The molecule has 0 atom stereocenters. The Bertz CT molecular complexity index is 170. The van der Waals surface area contributed by atoms with Crippen LogP contribution in [-0.2, 0) is 0 Å². The molecule has 1 heterocycles. The van der Waals surface area contributed by atoms with Gasteiger partial charge in [0.1, 0.15) is 5.82 Å². The highest BCUT2D eigenvalue weighted by atomic mass is 15.7. The van der Waals surface area contributed by atoms with E-state index < -0.39 is 0 Å². The Hall–Kier alpha value is -1.36. The fourth-order valence-corrected chi connectivity index (χ4v) is 0.491. The van der Waals surface area contributed by atoms with Crippen molar-refractivity contribution in [3.05, 3.63) is 23.8 Å². The standard InChI is InChI=1S/C4H9N5/c5-3-1-2-9(7)8-4(3)6/h1-2,8H,5-7H2. The molecule has 0 saturated carbocycles. The fourth-order valence-electron chi connectivity index (χ4n) is 0.491. The average Bonchev–Trinajstić information content (AvgIpc) is 1.80. The molecule has 0 bridgehead atoms. The van der Waals surface area contributed by atoms with Gasteiger partial charge in [-0.05, 0) is 6.08 Å². The van der Waals surface area contributed by atoms with Gasteiger partial charge >= 0.3 is 0 Å². The van der Waals surface area contributed by atoms with E-state index >= 15 is 0 Å². The summed E-state index contributed by atoms with van der Waals surface area (Å²) in [6.45, 7) is 0. The molecular formula is C4H9N5. The van der Waals surface area contributed by atoms with Crippen molar-refractivity contribution in [2.45, 2.75) is 0 Å². The highest BCUT2D eigenvalue weighted by molar-refractivity contribution is 5.21. The van der Waals surface area contributed by atoms with Gasteiger partial charge in [-0.15, -0.1) is 0 Å². The summed E-state index contributed by atoms with van der Waals surface area (Å²) < 4.78 is 0. The Morgan fingerprint density at radius 1 is 1.44 bits per heavy atom. The van der Waals surface area contributed by atoms with Crippen LogP contribution in [0.3, 0.4) is 0 Å². The van der Waals surface area contributed by atoms with Crippen LogP contribution in [0.15, 0.2) is 23.8 Å². The minimum absolute atomic E-state index is 0.375. The molecule has 0 spiro atoms. The molecule has 0 fully saturated rings. The molecule has 0 saturated heterocycles. The second kappa shape index (κ2) is 1.87. The van der Waals surface area contributed by atoms with E-state index in [0.29, 0.717) is 11.5 Å². The van der Waals surface area contributed by atoms with E-state index in [1.807, 2.05) is 0 Å². The Labute approximate surface area is 52.7 Å². The van der Waals surface area contributed by atoms with Crippen LogP contribution in [0.25, 0.3) is 0 Å². The van der Waals surface area contributed by atoms with E-state index in [2.05, 4.69) is 5.43 Å². The van der Waals surface area contributed by atoms with Crippen molar-refractivity contribution in [3.63, 3.8) is 0 Å². The Kier molecular flexibility index (Phi) is 1.20. The molecule has 1 aliphatic heterocycles. The third-order valence-electron chi connectivity index (χ3n) is 0.975. The number of allylic oxidation sites excluding steroid dienone is 1. The largest absolute Gasteiger partial charge is 0.396 e. The van der Waals surface area contributed by atoms with Crippen molar-refractivity contribution < 1.29 is 0 Å². The van der Waals surface area contributed by atoms with Crippen molar-refractivity contribution in [1.82, 2.24) is 10.5 Å². The lowest BCUT2D eigenvalue weighted by atomic mass is 10.4. The number of nitrogens with one attached hydrogen (secondary N) is 1. The molecule has 0 aromatic heterocycles. The zero-order valence-corrected chi connectivity index (χ0v) is 4.83. The first-order valence-electron chi connectivity index (χ1n) is 2.44. The van der Waals surface area contributed by atoms with Crippen molar-refractivity contribution in [2.24, 2.45) is 17.3 Å². The lowest BCUT2D eigenvalue weighted by molar-refractivity contribution is 0.305. The summed E-state index contributed by atoms with van der Waals surface area (Å²) in [6, 6.07) is 0. The maximum Gasteiger partial charge on any atom is 0.140 e. The summed E-state index contributed by atoms with van der Waals surface area (Å²) in [5.41, 5.74) is 13.8. The van der Waals surface area contributed by atoms with Gasteiger partial charge in [-0.3, -0.25) is 5.43 Å². The molecule has 0 unspecified atom stereocenters. The van der Waals surface area contributed by atoms with E-state index in [-0.39, 0.29) is 0 Å². The molecule has 9 heavy (non-hydrogen) atoms. The van der Waals surface area contributed by atoms with E-state index in [0.717, 1.165) is 0 Å². The first-order chi connectivity index (χ1) is 4.20. The number of hydrogen-bond donors (Lipinski definition) is 4. The topological polar surface area (TPSA) is 93.3 Å². The molecule has 50 valence electrons. The number of nitrogens with two attached hydrogens (primary N) is 3. The quantitative estimate of drug-likeness (QED) is 0.290. The van der Waals surface area contributed by atoms with Gasteiger partial charge in [0.2, 0.25) is 0 Å². The van der Waals surface area contributed by atoms with E-state index in [1.54, 1.807) is 12.3 Å². The van der Waals surface area contributed by atoms with Crippen LogP contribution >= 0.6 is 0 Å². The SMILES string of the molecule is NC1=C(N)NN(N)C=C1. The van der Waals surface area contributed by atoms with Crippen LogP contribution in [-0.4, -0.2) is 5.12 Å². The number of hydrazine groups is 2. The Balaban J connectivity index is 2.75. The predicted molar refractivity (Wildman–Crippen MR) is 33.7 cm³/mol. The number of rotatable bonds is 0.